The molecule has 3 atom stereocenters. The van der Waals surface area contributed by atoms with Crippen molar-refractivity contribution in [2.45, 2.75) is 45.3 Å². The second-order valence-electron chi connectivity index (χ2n) is 11.6. The summed E-state index contributed by atoms with van der Waals surface area (Å²) in [4.78, 5) is 36.7. The van der Waals surface area contributed by atoms with Gasteiger partial charge in [0.25, 0.3) is 5.91 Å². The molecule has 2 aliphatic heterocycles. The van der Waals surface area contributed by atoms with E-state index in [1.807, 2.05) is 64.4 Å². The molecule has 5 aromatic rings. The van der Waals surface area contributed by atoms with E-state index in [0.29, 0.717) is 18.7 Å². The number of benzene rings is 4. The molecule has 0 saturated heterocycles. The van der Waals surface area contributed by atoms with Crippen LogP contribution in [0.5, 0.6) is 0 Å². The first-order chi connectivity index (χ1) is 20.6. The van der Waals surface area contributed by atoms with Crippen LogP contribution in [0.1, 0.15) is 58.9 Å². The third kappa shape index (κ3) is 4.23. The van der Waals surface area contributed by atoms with Crippen molar-refractivity contribution < 1.29 is 9.59 Å². The van der Waals surface area contributed by atoms with Gasteiger partial charge >= 0.3 is 0 Å². The average Bonchev–Trinajstić information content (AvgIpc) is 3.56. The van der Waals surface area contributed by atoms with Gasteiger partial charge in [-0.3, -0.25) is 9.59 Å². The number of rotatable bonds is 6. The van der Waals surface area contributed by atoms with Gasteiger partial charge in [0.05, 0.1) is 11.7 Å². The Morgan fingerprint density at radius 1 is 0.881 bits per heavy atom. The Kier molecular flexibility index (Phi) is 6.66. The number of aromatic nitrogens is 1. The van der Waals surface area contributed by atoms with Crippen molar-refractivity contribution in [3.63, 3.8) is 0 Å². The molecule has 1 aromatic heterocycles. The molecule has 3 heterocycles. The lowest BCUT2D eigenvalue weighted by Gasteiger charge is -2.40. The van der Waals surface area contributed by atoms with Crippen molar-refractivity contribution in [1.29, 1.82) is 0 Å². The highest BCUT2D eigenvalue weighted by molar-refractivity contribution is 6.04. The van der Waals surface area contributed by atoms with E-state index in [2.05, 4.69) is 67.4 Å². The fraction of sp³-hybridized carbons (Fsp3) is 0.243. The molecule has 2 amide bonds. The molecule has 5 heteroatoms. The summed E-state index contributed by atoms with van der Waals surface area (Å²) in [7, 11) is 0. The average molecular weight is 554 g/mol. The molecule has 42 heavy (non-hydrogen) atoms. The molecule has 0 fully saturated rings. The van der Waals surface area contributed by atoms with Crippen molar-refractivity contribution >= 4 is 22.7 Å². The molecule has 0 saturated carbocycles. The van der Waals surface area contributed by atoms with Crippen LogP contribution in [-0.2, 0) is 17.8 Å². The number of para-hydroxylation sites is 1. The Morgan fingerprint density at radius 3 is 2.38 bits per heavy atom. The van der Waals surface area contributed by atoms with Gasteiger partial charge < -0.3 is 14.8 Å². The minimum absolute atomic E-state index is 0.0270. The number of nitrogens with zero attached hydrogens (tertiary/aromatic N) is 2. The van der Waals surface area contributed by atoms with Crippen LogP contribution >= 0.6 is 0 Å². The van der Waals surface area contributed by atoms with Crippen LogP contribution < -0.4 is 0 Å². The van der Waals surface area contributed by atoms with E-state index in [4.69, 9.17) is 0 Å². The van der Waals surface area contributed by atoms with Crippen molar-refractivity contribution in [1.82, 2.24) is 14.8 Å². The van der Waals surface area contributed by atoms with Crippen molar-refractivity contribution in [3.05, 3.63) is 131 Å². The molecule has 0 aliphatic carbocycles. The summed E-state index contributed by atoms with van der Waals surface area (Å²) >= 11 is 0. The molecule has 2 aliphatic rings. The summed E-state index contributed by atoms with van der Waals surface area (Å²) in [6.45, 7) is 5.45. The normalized spacial score (nSPS) is 17.7. The Hall–Kier alpha value is -4.64. The maximum Gasteiger partial charge on any atom is 0.255 e. The van der Waals surface area contributed by atoms with E-state index < -0.39 is 12.1 Å². The van der Waals surface area contributed by atoms with Gasteiger partial charge in [0.15, 0.2) is 0 Å². The van der Waals surface area contributed by atoms with E-state index in [1.165, 1.54) is 11.1 Å². The van der Waals surface area contributed by atoms with Gasteiger partial charge in [-0.2, -0.15) is 0 Å². The number of H-pyrrole nitrogens is 1. The van der Waals surface area contributed by atoms with Gasteiger partial charge in [0, 0.05) is 35.1 Å². The molecule has 4 aromatic carbocycles. The van der Waals surface area contributed by atoms with Gasteiger partial charge in [0.2, 0.25) is 5.91 Å². The molecule has 0 spiro atoms. The predicted molar refractivity (Wildman–Crippen MR) is 167 cm³/mol. The highest BCUT2D eigenvalue weighted by Gasteiger charge is 2.48. The number of carbonyl (C=O) groups excluding carboxylic acids is 2. The smallest absolute Gasteiger partial charge is 0.255 e. The Labute approximate surface area is 246 Å². The molecule has 3 unspecified atom stereocenters. The van der Waals surface area contributed by atoms with Crippen molar-refractivity contribution in [3.8, 4) is 11.3 Å². The largest absolute Gasteiger partial charge is 0.354 e. The number of amides is 2. The van der Waals surface area contributed by atoms with Crippen LogP contribution in [0.2, 0.25) is 0 Å². The molecule has 1 N–H and O–H groups in total. The maximum atomic E-state index is 14.6. The minimum Gasteiger partial charge on any atom is -0.354 e. The van der Waals surface area contributed by atoms with Gasteiger partial charge in [0.1, 0.15) is 6.04 Å². The van der Waals surface area contributed by atoms with Crippen molar-refractivity contribution in [2.24, 2.45) is 5.92 Å². The fourth-order valence-corrected chi connectivity index (χ4v) is 6.93. The number of nitrogens with one attached hydrogen (secondary N) is 1. The molecule has 5 nitrogen and oxygen atoms in total. The zero-order valence-corrected chi connectivity index (χ0v) is 24.1. The van der Waals surface area contributed by atoms with E-state index in [9.17, 15) is 9.59 Å². The Morgan fingerprint density at radius 2 is 1.57 bits per heavy atom. The molecular formula is C37H35N3O2. The van der Waals surface area contributed by atoms with Crippen molar-refractivity contribution in [2.75, 3.05) is 6.54 Å². The summed E-state index contributed by atoms with van der Waals surface area (Å²) in [6.07, 6.45) is 1.61. The van der Waals surface area contributed by atoms with Crippen LogP contribution in [0, 0.1) is 5.92 Å². The summed E-state index contributed by atoms with van der Waals surface area (Å²) in [6, 6.07) is 33.8. The summed E-state index contributed by atoms with van der Waals surface area (Å²) in [5.74, 6) is -0.0668. The van der Waals surface area contributed by atoms with E-state index in [0.717, 1.165) is 46.1 Å². The van der Waals surface area contributed by atoms with Gasteiger partial charge in [-0.05, 0) is 46.7 Å². The molecular weight excluding hydrogens is 518 g/mol. The highest BCUT2D eigenvalue weighted by atomic mass is 16.2. The van der Waals surface area contributed by atoms with Crippen LogP contribution in [0.3, 0.4) is 0 Å². The number of hydrogen-bond donors (Lipinski definition) is 1. The monoisotopic (exact) mass is 553 g/mol. The Bertz CT molecular complexity index is 1790. The number of aromatic amines is 1. The second kappa shape index (κ2) is 10.6. The number of hydrogen-bond acceptors (Lipinski definition) is 2. The fourth-order valence-electron chi connectivity index (χ4n) is 6.93. The number of fused-ring (bicyclic) bond motifs is 3. The standard InChI is InChI=1S/C37H35N3O2/c1-3-24(2)34(37(42)39-22-21-25-13-7-8-16-27(25)23-39)40-35(28-17-9-10-18-29(28)36(40)41)32-30-19-11-12-20-31(30)38-33(32)26-14-5-4-6-15-26/h4-20,24,34-35,38H,3,21-23H2,1-2H3. The maximum absolute atomic E-state index is 14.6. The first kappa shape index (κ1) is 26.3. The summed E-state index contributed by atoms with van der Waals surface area (Å²) in [5.41, 5.74) is 8.22. The third-order valence-electron chi connectivity index (χ3n) is 9.26. The topological polar surface area (TPSA) is 56.4 Å². The number of carbonyl (C=O) groups is 2. The van der Waals surface area contributed by atoms with Crippen LogP contribution in [-0.4, -0.2) is 39.2 Å². The zero-order chi connectivity index (χ0) is 28.8. The SMILES string of the molecule is CCC(C)C(C(=O)N1CCc2ccccc2C1)N1C(=O)c2ccccc2C1c1c(-c2ccccc2)[nH]c2ccccc12. The lowest BCUT2D eigenvalue weighted by atomic mass is 9.89. The van der Waals surface area contributed by atoms with Gasteiger partial charge in [-0.15, -0.1) is 0 Å². The van der Waals surface area contributed by atoms with Gasteiger partial charge in [-0.25, -0.2) is 0 Å². The van der Waals surface area contributed by atoms with E-state index >= 15 is 0 Å². The molecule has 0 bridgehead atoms. The molecule has 210 valence electrons. The predicted octanol–water partition coefficient (Wildman–Crippen LogP) is 7.38. The third-order valence-corrected chi connectivity index (χ3v) is 9.26. The second-order valence-corrected chi connectivity index (χ2v) is 11.6. The summed E-state index contributed by atoms with van der Waals surface area (Å²) in [5, 5.41) is 1.07. The van der Waals surface area contributed by atoms with Crippen LogP contribution in [0.25, 0.3) is 22.2 Å². The molecule has 0 radical (unpaired) electrons. The zero-order valence-electron chi connectivity index (χ0n) is 24.1. The first-order valence-electron chi connectivity index (χ1n) is 15.0. The van der Waals surface area contributed by atoms with E-state index in [1.54, 1.807) is 0 Å². The Balaban J connectivity index is 1.41. The highest BCUT2D eigenvalue weighted by Crippen LogP contribution is 2.47. The minimum atomic E-state index is -0.595. The lowest BCUT2D eigenvalue weighted by molar-refractivity contribution is -0.139. The van der Waals surface area contributed by atoms with Crippen LogP contribution in [0.4, 0.5) is 0 Å². The van der Waals surface area contributed by atoms with Crippen LogP contribution in [0.15, 0.2) is 103 Å². The van der Waals surface area contributed by atoms with E-state index in [-0.39, 0.29) is 17.7 Å². The lowest BCUT2D eigenvalue weighted by Crippen LogP contribution is -2.54. The first-order valence-corrected chi connectivity index (χ1v) is 15.0. The van der Waals surface area contributed by atoms with Gasteiger partial charge in [-0.1, -0.05) is 111 Å². The summed E-state index contributed by atoms with van der Waals surface area (Å²) < 4.78 is 0. The quantitative estimate of drug-likeness (QED) is 0.239. The molecule has 7 rings (SSSR count).